The maximum atomic E-state index is 12.8. The summed E-state index contributed by atoms with van der Waals surface area (Å²) in [6.45, 7) is 10.2. The molecule has 2 heterocycles. The third-order valence-electron chi connectivity index (χ3n) is 5.73. The first-order chi connectivity index (χ1) is 11.1. The molecular formula is C17H33N3O3S. The van der Waals surface area contributed by atoms with Crippen molar-refractivity contribution >= 4 is 15.7 Å². The molecule has 1 unspecified atom stereocenters. The molecule has 0 bridgehead atoms. The summed E-state index contributed by atoms with van der Waals surface area (Å²) in [4.78, 5) is 15.2. The fraction of sp³-hybridized carbons (Fsp3) is 0.941. The molecule has 0 saturated carbocycles. The number of carbonyl (C=O) groups excluding carboxylic acids is 1. The highest BCUT2D eigenvalue weighted by atomic mass is 32.2. The first kappa shape index (κ1) is 19.7. The van der Waals surface area contributed by atoms with Gasteiger partial charge in [-0.25, -0.2) is 8.42 Å². The minimum Gasteiger partial charge on any atom is -0.353 e. The van der Waals surface area contributed by atoms with Gasteiger partial charge < -0.3 is 10.6 Å². The summed E-state index contributed by atoms with van der Waals surface area (Å²) in [6.07, 6.45) is 4.31. The third kappa shape index (κ3) is 4.11. The van der Waals surface area contributed by atoms with Crippen LogP contribution in [0.4, 0.5) is 0 Å². The molecular weight excluding hydrogens is 326 g/mol. The van der Waals surface area contributed by atoms with E-state index in [2.05, 4.69) is 36.3 Å². The van der Waals surface area contributed by atoms with E-state index in [1.54, 1.807) is 0 Å². The number of hydrogen-bond donors (Lipinski definition) is 2. The zero-order chi connectivity index (χ0) is 18.0. The van der Waals surface area contributed by atoms with E-state index in [9.17, 15) is 13.2 Å². The molecule has 0 aromatic carbocycles. The molecule has 7 heteroatoms. The molecule has 0 radical (unpaired) electrons. The quantitative estimate of drug-likeness (QED) is 0.758. The number of carbonyl (C=O) groups is 1. The number of piperidine rings is 2. The van der Waals surface area contributed by atoms with E-state index in [1.165, 1.54) is 19.1 Å². The molecule has 1 atom stereocenters. The molecule has 0 aromatic rings. The van der Waals surface area contributed by atoms with Gasteiger partial charge in [0, 0.05) is 24.9 Å². The SMILES string of the molecule is CC1CCCN(C(C)(C)CNC(=O)C2(S(C)(=O)=O)CCNCC2)C1. The van der Waals surface area contributed by atoms with Crippen LogP contribution < -0.4 is 10.6 Å². The minimum absolute atomic E-state index is 0.171. The Morgan fingerprint density at radius 3 is 2.50 bits per heavy atom. The van der Waals surface area contributed by atoms with Crippen LogP contribution in [0, 0.1) is 5.92 Å². The summed E-state index contributed by atoms with van der Waals surface area (Å²) in [5.74, 6) is 0.338. The van der Waals surface area contributed by atoms with Crippen molar-refractivity contribution in [2.24, 2.45) is 5.92 Å². The van der Waals surface area contributed by atoms with Gasteiger partial charge in [-0.15, -0.1) is 0 Å². The minimum atomic E-state index is -3.45. The van der Waals surface area contributed by atoms with Crippen molar-refractivity contribution in [1.29, 1.82) is 0 Å². The Bertz CT molecular complexity index is 553. The standard InChI is InChI=1S/C17H33N3O3S/c1-14-6-5-11-20(12-14)16(2,3)13-19-15(21)17(24(4,22)23)7-9-18-10-8-17/h14,18H,5-13H2,1-4H3,(H,19,21). The van der Waals surface area contributed by atoms with Gasteiger partial charge >= 0.3 is 0 Å². The van der Waals surface area contributed by atoms with Gasteiger partial charge in [0.2, 0.25) is 5.91 Å². The van der Waals surface area contributed by atoms with E-state index in [-0.39, 0.29) is 11.4 Å². The van der Waals surface area contributed by atoms with Crippen LogP contribution in [0.5, 0.6) is 0 Å². The van der Waals surface area contributed by atoms with E-state index in [0.29, 0.717) is 38.4 Å². The van der Waals surface area contributed by atoms with Crippen molar-refractivity contribution in [3.05, 3.63) is 0 Å². The number of likely N-dealkylation sites (tertiary alicyclic amines) is 1. The molecule has 24 heavy (non-hydrogen) atoms. The normalized spacial score (nSPS) is 26.1. The monoisotopic (exact) mass is 359 g/mol. The molecule has 2 rings (SSSR count). The smallest absolute Gasteiger partial charge is 0.241 e. The lowest BCUT2D eigenvalue weighted by molar-refractivity contribution is -0.125. The number of rotatable bonds is 5. The number of hydrogen-bond acceptors (Lipinski definition) is 5. The predicted molar refractivity (Wildman–Crippen MR) is 96.7 cm³/mol. The topological polar surface area (TPSA) is 78.5 Å². The fourth-order valence-electron chi connectivity index (χ4n) is 3.91. The molecule has 2 fully saturated rings. The second-order valence-electron chi connectivity index (χ2n) is 8.20. The van der Waals surface area contributed by atoms with Crippen LogP contribution in [0.3, 0.4) is 0 Å². The van der Waals surface area contributed by atoms with Crippen molar-refractivity contribution in [2.75, 3.05) is 39.0 Å². The second kappa shape index (κ2) is 7.30. The molecule has 1 amide bonds. The number of amides is 1. The zero-order valence-electron chi connectivity index (χ0n) is 15.5. The molecule has 2 N–H and O–H groups in total. The first-order valence-electron chi connectivity index (χ1n) is 9.02. The average molecular weight is 360 g/mol. The fourth-order valence-corrected chi connectivity index (χ4v) is 5.26. The molecule has 0 aliphatic carbocycles. The maximum absolute atomic E-state index is 12.8. The number of nitrogens with zero attached hydrogens (tertiary/aromatic N) is 1. The highest BCUT2D eigenvalue weighted by Crippen LogP contribution is 2.29. The zero-order valence-corrected chi connectivity index (χ0v) is 16.3. The lowest BCUT2D eigenvalue weighted by atomic mass is 9.92. The average Bonchev–Trinajstić information content (AvgIpc) is 2.52. The van der Waals surface area contributed by atoms with E-state index >= 15 is 0 Å². The number of sulfone groups is 1. The second-order valence-corrected chi connectivity index (χ2v) is 10.5. The van der Waals surface area contributed by atoms with Gasteiger partial charge in [0.1, 0.15) is 0 Å². The third-order valence-corrected chi connectivity index (χ3v) is 7.74. The summed E-state index contributed by atoms with van der Waals surface area (Å²) in [5, 5.41) is 6.11. The molecule has 140 valence electrons. The molecule has 0 spiro atoms. The van der Waals surface area contributed by atoms with E-state index in [1.807, 2.05) is 0 Å². The maximum Gasteiger partial charge on any atom is 0.241 e. The Morgan fingerprint density at radius 1 is 1.33 bits per heavy atom. The van der Waals surface area contributed by atoms with Crippen LogP contribution in [0.15, 0.2) is 0 Å². The van der Waals surface area contributed by atoms with Crippen LogP contribution in [0.2, 0.25) is 0 Å². The van der Waals surface area contributed by atoms with Crippen molar-refractivity contribution in [3.63, 3.8) is 0 Å². The lowest BCUT2D eigenvalue weighted by Crippen LogP contribution is -2.61. The molecule has 6 nitrogen and oxygen atoms in total. The van der Waals surface area contributed by atoms with Crippen LogP contribution in [0.1, 0.15) is 46.5 Å². The largest absolute Gasteiger partial charge is 0.353 e. The summed E-state index contributed by atoms with van der Waals surface area (Å²) >= 11 is 0. The van der Waals surface area contributed by atoms with Gasteiger partial charge in [0.05, 0.1) is 0 Å². The van der Waals surface area contributed by atoms with Gasteiger partial charge in [-0.05, 0) is 65.1 Å². The summed E-state index contributed by atoms with van der Waals surface area (Å²) in [6, 6.07) is 0. The Kier molecular flexibility index (Phi) is 5.98. The highest BCUT2D eigenvalue weighted by Gasteiger charge is 2.49. The predicted octanol–water partition coefficient (Wildman–Crippen LogP) is 0.780. The molecule has 2 aliphatic heterocycles. The van der Waals surface area contributed by atoms with Crippen molar-refractivity contribution in [2.45, 2.75) is 56.7 Å². The van der Waals surface area contributed by atoms with Gasteiger partial charge in [0.25, 0.3) is 0 Å². The Hall–Kier alpha value is -0.660. The van der Waals surface area contributed by atoms with Crippen LogP contribution >= 0.6 is 0 Å². The Balaban J connectivity index is 2.05. The van der Waals surface area contributed by atoms with Crippen LogP contribution in [-0.4, -0.2) is 68.5 Å². The lowest BCUT2D eigenvalue weighted by Gasteiger charge is -2.44. The van der Waals surface area contributed by atoms with Crippen molar-refractivity contribution in [3.8, 4) is 0 Å². The highest BCUT2D eigenvalue weighted by molar-refractivity contribution is 7.92. The Morgan fingerprint density at radius 2 is 1.96 bits per heavy atom. The van der Waals surface area contributed by atoms with Gasteiger partial charge in [-0.1, -0.05) is 6.92 Å². The number of nitrogens with one attached hydrogen (secondary N) is 2. The molecule has 2 aliphatic rings. The van der Waals surface area contributed by atoms with Gasteiger partial charge in [-0.3, -0.25) is 9.69 Å². The van der Waals surface area contributed by atoms with Crippen LogP contribution in [-0.2, 0) is 14.6 Å². The summed E-state index contributed by atoms with van der Waals surface area (Å²) in [7, 11) is -3.45. The van der Waals surface area contributed by atoms with E-state index in [4.69, 9.17) is 0 Å². The summed E-state index contributed by atoms with van der Waals surface area (Å²) < 4.78 is 23.4. The van der Waals surface area contributed by atoms with Gasteiger partial charge in [0.15, 0.2) is 14.6 Å². The van der Waals surface area contributed by atoms with Crippen molar-refractivity contribution < 1.29 is 13.2 Å². The molecule has 2 saturated heterocycles. The van der Waals surface area contributed by atoms with E-state index in [0.717, 1.165) is 13.1 Å². The molecule has 0 aromatic heterocycles. The van der Waals surface area contributed by atoms with Crippen molar-refractivity contribution in [1.82, 2.24) is 15.5 Å². The Labute approximate surface area is 146 Å². The summed E-state index contributed by atoms with van der Waals surface area (Å²) in [5.41, 5.74) is -0.171. The van der Waals surface area contributed by atoms with Crippen LogP contribution in [0.25, 0.3) is 0 Å². The first-order valence-corrected chi connectivity index (χ1v) is 10.9. The van der Waals surface area contributed by atoms with Gasteiger partial charge in [-0.2, -0.15) is 0 Å². The van der Waals surface area contributed by atoms with E-state index < -0.39 is 14.6 Å².